The maximum atomic E-state index is 13.0. The fourth-order valence-corrected chi connectivity index (χ4v) is 3.93. The molecule has 1 N–H and O–H groups in total. The average molecular weight is 393 g/mol. The summed E-state index contributed by atoms with van der Waals surface area (Å²) >= 11 is 0. The van der Waals surface area contributed by atoms with Crippen molar-refractivity contribution in [1.29, 1.82) is 0 Å². The molecule has 1 aliphatic rings. The largest absolute Gasteiger partial charge is 0.352 e. The molecule has 1 aliphatic heterocycles. The summed E-state index contributed by atoms with van der Waals surface area (Å²) in [4.78, 5) is 20.0. The van der Waals surface area contributed by atoms with Crippen LogP contribution in [0.4, 0.5) is 0 Å². The van der Waals surface area contributed by atoms with Gasteiger partial charge in [0.25, 0.3) is 11.6 Å². The molecule has 0 bridgehead atoms. The van der Waals surface area contributed by atoms with Crippen molar-refractivity contribution in [3.8, 4) is 11.3 Å². The van der Waals surface area contributed by atoms with Crippen molar-refractivity contribution < 1.29 is 9.32 Å². The average Bonchev–Trinajstić information content (AvgIpc) is 3.12. The van der Waals surface area contributed by atoms with Crippen LogP contribution in [0.1, 0.15) is 47.3 Å². The summed E-state index contributed by atoms with van der Waals surface area (Å²) in [6.07, 6.45) is 4.87. The standard InChI is InChI=1S/C23H28N4O2/c1-16-7-9-18(10-8-16)20-15-19(21-17(2)26-29-23(21)25-20)22(28)24-11-6-14-27-12-4-3-5-13-27/h7-10,15H,3-6,11-14H2,1-2H3,(H,24,28). The number of nitrogens with zero attached hydrogens (tertiary/aromatic N) is 3. The molecule has 1 aromatic carbocycles. The Morgan fingerprint density at radius 2 is 1.90 bits per heavy atom. The lowest BCUT2D eigenvalue weighted by atomic mass is 10.0. The molecular weight excluding hydrogens is 364 g/mol. The van der Waals surface area contributed by atoms with E-state index in [1.807, 2.05) is 44.2 Å². The maximum absolute atomic E-state index is 13.0. The third kappa shape index (κ3) is 4.48. The van der Waals surface area contributed by atoms with Crippen molar-refractivity contribution >= 4 is 17.0 Å². The number of nitrogens with one attached hydrogen (secondary N) is 1. The molecule has 6 nitrogen and oxygen atoms in total. The number of hydrogen-bond donors (Lipinski definition) is 1. The minimum atomic E-state index is -0.101. The Balaban J connectivity index is 1.51. The van der Waals surface area contributed by atoms with Gasteiger partial charge in [0.05, 0.1) is 22.3 Å². The van der Waals surface area contributed by atoms with Crippen LogP contribution in [0, 0.1) is 13.8 Å². The lowest BCUT2D eigenvalue weighted by molar-refractivity contribution is 0.0952. The fourth-order valence-electron chi connectivity index (χ4n) is 3.93. The number of rotatable bonds is 6. The van der Waals surface area contributed by atoms with Gasteiger partial charge < -0.3 is 14.7 Å². The summed E-state index contributed by atoms with van der Waals surface area (Å²) in [5, 5.41) is 7.78. The van der Waals surface area contributed by atoms with Crippen molar-refractivity contribution in [3.63, 3.8) is 0 Å². The minimum Gasteiger partial charge on any atom is -0.352 e. The molecule has 2 aromatic heterocycles. The summed E-state index contributed by atoms with van der Waals surface area (Å²) in [6, 6.07) is 9.93. The van der Waals surface area contributed by atoms with Gasteiger partial charge in [-0.2, -0.15) is 0 Å². The van der Waals surface area contributed by atoms with Gasteiger partial charge in [-0.3, -0.25) is 4.79 Å². The molecule has 0 atom stereocenters. The number of amides is 1. The molecule has 6 heteroatoms. The summed E-state index contributed by atoms with van der Waals surface area (Å²) in [7, 11) is 0. The van der Waals surface area contributed by atoms with E-state index in [4.69, 9.17) is 4.52 Å². The molecule has 4 rings (SSSR count). The highest BCUT2D eigenvalue weighted by Crippen LogP contribution is 2.27. The van der Waals surface area contributed by atoms with Gasteiger partial charge in [-0.25, -0.2) is 4.98 Å². The van der Waals surface area contributed by atoms with Gasteiger partial charge in [0.15, 0.2) is 0 Å². The van der Waals surface area contributed by atoms with Gasteiger partial charge in [-0.15, -0.1) is 0 Å². The Bertz CT molecular complexity index is 988. The van der Waals surface area contributed by atoms with Crippen LogP contribution in [0.15, 0.2) is 34.9 Å². The highest BCUT2D eigenvalue weighted by atomic mass is 16.5. The fraction of sp³-hybridized carbons (Fsp3) is 0.435. The zero-order chi connectivity index (χ0) is 20.2. The van der Waals surface area contributed by atoms with E-state index in [0.29, 0.717) is 34.6 Å². The van der Waals surface area contributed by atoms with Crippen LogP contribution in [0.25, 0.3) is 22.4 Å². The van der Waals surface area contributed by atoms with Crippen LogP contribution in [0.2, 0.25) is 0 Å². The monoisotopic (exact) mass is 392 g/mol. The third-order valence-electron chi connectivity index (χ3n) is 5.59. The SMILES string of the molecule is Cc1ccc(-c2cc(C(=O)NCCCN3CCCCC3)c3c(C)noc3n2)cc1. The second-order valence-electron chi connectivity index (χ2n) is 7.88. The molecular formula is C23H28N4O2. The Labute approximate surface area is 171 Å². The number of carbonyl (C=O) groups is 1. The third-order valence-corrected chi connectivity index (χ3v) is 5.59. The predicted octanol–water partition coefficient (Wildman–Crippen LogP) is 4.11. The lowest BCUT2D eigenvalue weighted by Gasteiger charge is -2.26. The van der Waals surface area contributed by atoms with Crippen molar-refractivity contribution in [2.45, 2.75) is 39.5 Å². The smallest absolute Gasteiger partial charge is 0.259 e. The second kappa shape index (κ2) is 8.74. The maximum Gasteiger partial charge on any atom is 0.259 e. The van der Waals surface area contributed by atoms with E-state index < -0.39 is 0 Å². The van der Waals surface area contributed by atoms with Gasteiger partial charge in [-0.05, 0) is 58.8 Å². The van der Waals surface area contributed by atoms with Gasteiger partial charge in [0.2, 0.25) is 0 Å². The van der Waals surface area contributed by atoms with E-state index in [2.05, 4.69) is 20.4 Å². The highest BCUT2D eigenvalue weighted by Gasteiger charge is 2.19. The molecule has 0 aliphatic carbocycles. The Hall–Kier alpha value is -2.73. The van der Waals surface area contributed by atoms with E-state index in [9.17, 15) is 4.79 Å². The molecule has 1 saturated heterocycles. The summed E-state index contributed by atoms with van der Waals surface area (Å²) in [6.45, 7) is 7.93. The van der Waals surface area contributed by atoms with Crippen LogP contribution >= 0.6 is 0 Å². The number of aryl methyl sites for hydroxylation is 2. The van der Waals surface area contributed by atoms with Crippen LogP contribution in [0.5, 0.6) is 0 Å². The van der Waals surface area contributed by atoms with E-state index in [1.165, 1.54) is 37.9 Å². The first-order chi connectivity index (χ1) is 14.1. The number of fused-ring (bicyclic) bond motifs is 1. The minimum absolute atomic E-state index is 0.101. The first-order valence-electron chi connectivity index (χ1n) is 10.5. The van der Waals surface area contributed by atoms with Crippen LogP contribution < -0.4 is 5.32 Å². The molecule has 29 heavy (non-hydrogen) atoms. The van der Waals surface area contributed by atoms with Crippen molar-refractivity contribution in [3.05, 3.63) is 47.2 Å². The number of pyridine rings is 1. The van der Waals surface area contributed by atoms with Crippen LogP contribution in [-0.2, 0) is 0 Å². The van der Waals surface area contributed by atoms with E-state index in [0.717, 1.165) is 18.5 Å². The molecule has 0 spiro atoms. The molecule has 3 aromatic rings. The summed E-state index contributed by atoms with van der Waals surface area (Å²) in [5.74, 6) is -0.101. The van der Waals surface area contributed by atoms with E-state index >= 15 is 0 Å². The van der Waals surface area contributed by atoms with Crippen LogP contribution in [-0.4, -0.2) is 47.1 Å². The van der Waals surface area contributed by atoms with Crippen molar-refractivity contribution in [2.24, 2.45) is 0 Å². The summed E-state index contributed by atoms with van der Waals surface area (Å²) < 4.78 is 5.38. The van der Waals surface area contributed by atoms with Gasteiger partial charge in [-0.1, -0.05) is 41.4 Å². The number of aromatic nitrogens is 2. The molecule has 3 heterocycles. The van der Waals surface area contributed by atoms with Crippen LogP contribution in [0.3, 0.4) is 0 Å². The Kier molecular flexibility index (Phi) is 5.90. The number of benzene rings is 1. The number of piperidine rings is 1. The second-order valence-corrected chi connectivity index (χ2v) is 7.88. The summed E-state index contributed by atoms with van der Waals surface area (Å²) in [5.41, 5.74) is 4.50. The zero-order valence-corrected chi connectivity index (χ0v) is 17.2. The zero-order valence-electron chi connectivity index (χ0n) is 17.2. The van der Waals surface area contributed by atoms with Crippen molar-refractivity contribution in [1.82, 2.24) is 20.4 Å². The van der Waals surface area contributed by atoms with Gasteiger partial charge in [0, 0.05) is 12.1 Å². The molecule has 152 valence electrons. The number of likely N-dealkylation sites (tertiary alicyclic amines) is 1. The predicted molar refractivity (Wildman–Crippen MR) is 114 cm³/mol. The number of carbonyl (C=O) groups excluding carboxylic acids is 1. The molecule has 1 amide bonds. The normalized spacial score (nSPS) is 15.0. The first kappa shape index (κ1) is 19.6. The number of hydrogen-bond acceptors (Lipinski definition) is 5. The Morgan fingerprint density at radius 3 is 2.66 bits per heavy atom. The Morgan fingerprint density at radius 1 is 1.14 bits per heavy atom. The first-order valence-corrected chi connectivity index (χ1v) is 10.5. The molecule has 0 unspecified atom stereocenters. The molecule has 0 saturated carbocycles. The molecule has 0 radical (unpaired) electrons. The highest BCUT2D eigenvalue weighted by molar-refractivity contribution is 6.06. The quantitative estimate of drug-likeness (QED) is 0.639. The molecule has 1 fully saturated rings. The van der Waals surface area contributed by atoms with E-state index in [-0.39, 0.29) is 5.91 Å². The van der Waals surface area contributed by atoms with E-state index in [1.54, 1.807) is 0 Å². The van der Waals surface area contributed by atoms with Gasteiger partial charge >= 0.3 is 0 Å². The van der Waals surface area contributed by atoms with Crippen molar-refractivity contribution in [2.75, 3.05) is 26.2 Å². The lowest BCUT2D eigenvalue weighted by Crippen LogP contribution is -2.33. The topological polar surface area (TPSA) is 71.3 Å². The van der Waals surface area contributed by atoms with Gasteiger partial charge in [0.1, 0.15) is 0 Å².